The lowest BCUT2D eigenvalue weighted by molar-refractivity contribution is -0.138. The molecule has 1 unspecified atom stereocenters. The van der Waals surface area contributed by atoms with Crippen molar-refractivity contribution in [1.82, 2.24) is 9.80 Å². The van der Waals surface area contributed by atoms with Gasteiger partial charge in [0.05, 0.1) is 11.5 Å². The van der Waals surface area contributed by atoms with Crippen LogP contribution in [0.15, 0.2) is 12.2 Å². The Labute approximate surface area is 117 Å². The number of carboxylic acids is 1. The zero-order valence-corrected chi connectivity index (χ0v) is 11.9. The largest absolute Gasteiger partial charge is 0.480 e. The zero-order valence-electron chi connectivity index (χ0n) is 11.1. The molecule has 0 aromatic carbocycles. The topological polar surface area (TPSA) is 95.0 Å². The summed E-state index contributed by atoms with van der Waals surface area (Å²) in [5.41, 5.74) is 0. The third-order valence-electron chi connectivity index (χ3n) is 3.53. The van der Waals surface area contributed by atoms with Crippen molar-refractivity contribution in [3.63, 3.8) is 0 Å². The van der Waals surface area contributed by atoms with Gasteiger partial charge in [-0.3, -0.25) is 4.79 Å². The Hall–Kier alpha value is -1.57. The number of sulfone groups is 1. The van der Waals surface area contributed by atoms with E-state index in [1.807, 2.05) is 12.2 Å². The highest BCUT2D eigenvalue weighted by atomic mass is 32.2. The van der Waals surface area contributed by atoms with Crippen LogP contribution >= 0.6 is 0 Å². The first-order valence-electron chi connectivity index (χ1n) is 6.52. The van der Waals surface area contributed by atoms with Crippen LogP contribution in [0.2, 0.25) is 0 Å². The van der Waals surface area contributed by atoms with Crippen LogP contribution < -0.4 is 0 Å². The van der Waals surface area contributed by atoms with Gasteiger partial charge in [0.1, 0.15) is 6.54 Å². The van der Waals surface area contributed by atoms with Gasteiger partial charge in [-0.2, -0.15) is 0 Å². The van der Waals surface area contributed by atoms with Gasteiger partial charge in [-0.1, -0.05) is 12.2 Å². The van der Waals surface area contributed by atoms with E-state index >= 15 is 0 Å². The molecule has 0 saturated carbocycles. The van der Waals surface area contributed by atoms with E-state index in [1.165, 1.54) is 4.90 Å². The van der Waals surface area contributed by atoms with E-state index in [2.05, 4.69) is 0 Å². The van der Waals surface area contributed by atoms with Gasteiger partial charge >= 0.3 is 12.0 Å². The molecule has 2 heterocycles. The molecule has 8 heteroatoms. The molecule has 1 saturated heterocycles. The standard InChI is InChI=1S/C12H18N2O5S/c15-11(16)8-14(10-4-7-20(18,19)9-10)12(17)13-5-2-1-3-6-13/h1-2,10H,3-9H2,(H,15,16). The van der Waals surface area contributed by atoms with Crippen molar-refractivity contribution < 1.29 is 23.1 Å². The molecule has 112 valence electrons. The number of carbonyl (C=O) groups excluding carboxylic acids is 1. The molecule has 7 nitrogen and oxygen atoms in total. The zero-order chi connectivity index (χ0) is 14.8. The van der Waals surface area contributed by atoms with E-state index in [0.717, 1.165) is 6.42 Å². The maximum atomic E-state index is 12.4. The van der Waals surface area contributed by atoms with E-state index in [1.54, 1.807) is 4.90 Å². The van der Waals surface area contributed by atoms with Gasteiger partial charge in [0, 0.05) is 19.1 Å². The van der Waals surface area contributed by atoms with Crippen LogP contribution in [-0.4, -0.2) is 72.5 Å². The van der Waals surface area contributed by atoms with Crippen LogP contribution in [0.4, 0.5) is 4.79 Å². The summed E-state index contributed by atoms with van der Waals surface area (Å²) in [6.07, 6.45) is 4.86. The highest BCUT2D eigenvalue weighted by Crippen LogP contribution is 2.19. The number of aliphatic carboxylic acids is 1. The maximum Gasteiger partial charge on any atom is 0.323 e. The minimum atomic E-state index is -3.16. The molecule has 0 aliphatic carbocycles. The molecule has 0 spiro atoms. The molecule has 2 aliphatic heterocycles. The number of hydrogen-bond donors (Lipinski definition) is 1. The number of nitrogens with zero attached hydrogens (tertiary/aromatic N) is 2. The molecule has 1 N–H and O–H groups in total. The number of carboxylic acid groups (broad SMARTS) is 1. The summed E-state index contributed by atoms with van der Waals surface area (Å²) in [5, 5.41) is 8.95. The van der Waals surface area contributed by atoms with Crippen molar-refractivity contribution in [1.29, 1.82) is 0 Å². The average molecular weight is 302 g/mol. The third-order valence-corrected chi connectivity index (χ3v) is 5.28. The molecule has 2 amide bonds. The summed E-state index contributed by atoms with van der Waals surface area (Å²) in [7, 11) is -3.16. The van der Waals surface area contributed by atoms with Gasteiger partial charge in [0.2, 0.25) is 0 Å². The smallest absolute Gasteiger partial charge is 0.323 e. The van der Waals surface area contributed by atoms with E-state index in [9.17, 15) is 18.0 Å². The Morgan fingerprint density at radius 3 is 2.60 bits per heavy atom. The van der Waals surface area contributed by atoms with Crippen molar-refractivity contribution in [2.75, 3.05) is 31.1 Å². The molecule has 0 bridgehead atoms. The minimum Gasteiger partial charge on any atom is -0.480 e. The molecule has 20 heavy (non-hydrogen) atoms. The molecular weight excluding hydrogens is 284 g/mol. The fraction of sp³-hybridized carbons (Fsp3) is 0.667. The van der Waals surface area contributed by atoms with Crippen LogP contribution in [0.3, 0.4) is 0 Å². The minimum absolute atomic E-state index is 0.0148. The lowest BCUT2D eigenvalue weighted by Crippen LogP contribution is -2.51. The lowest BCUT2D eigenvalue weighted by atomic mass is 10.2. The van der Waals surface area contributed by atoms with E-state index in [4.69, 9.17) is 5.11 Å². The highest BCUT2D eigenvalue weighted by Gasteiger charge is 2.37. The first-order chi connectivity index (χ1) is 9.39. The van der Waals surface area contributed by atoms with Crippen molar-refractivity contribution in [3.8, 4) is 0 Å². The second-order valence-electron chi connectivity index (χ2n) is 5.07. The summed E-state index contributed by atoms with van der Waals surface area (Å²) in [4.78, 5) is 26.1. The Balaban J connectivity index is 2.12. The average Bonchev–Trinajstić information content (AvgIpc) is 2.76. The summed E-state index contributed by atoms with van der Waals surface area (Å²) in [5.74, 6) is -1.26. The Bertz CT molecular complexity index is 528. The Kier molecular flexibility index (Phi) is 4.32. The first kappa shape index (κ1) is 14.8. The molecule has 0 aromatic heterocycles. The molecular formula is C12H18N2O5S. The van der Waals surface area contributed by atoms with Crippen LogP contribution in [0.1, 0.15) is 12.8 Å². The van der Waals surface area contributed by atoms with Gasteiger partial charge in [-0.25, -0.2) is 13.2 Å². The molecule has 0 radical (unpaired) electrons. The van der Waals surface area contributed by atoms with Gasteiger partial charge in [-0.15, -0.1) is 0 Å². The Morgan fingerprint density at radius 2 is 2.10 bits per heavy atom. The fourth-order valence-corrected chi connectivity index (χ4v) is 4.25. The van der Waals surface area contributed by atoms with Crippen molar-refractivity contribution in [2.45, 2.75) is 18.9 Å². The fourth-order valence-electron chi connectivity index (χ4n) is 2.52. The van der Waals surface area contributed by atoms with E-state index in [0.29, 0.717) is 19.5 Å². The predicted molar refractivity (Wildman–Crippen MR) is 72.1 cm³/mol. The number of rotatable bonds is 3. The van der Waals surface area contributed by atoms with E-state index < -0.39 is 28.4 Å². The SMILES string of the molecule is O=C(O)CN(C(=O)N1CC=CCC1)C1CCS(=O)(=O)C1. The number of carbonyl (C=O) groups is 2. The van der Waals surface area contributed by atoms with E-state index in [-0.39, 0.29) is 17.5 Å². The number of hydrogen-bond acceptors (Lipinski definition) is 4. The summed E-state index contributed by atoms with van der Waals surface area (Å²) < 4.78 is 23.0. The second kappa shape index (κ2) is 5.82. The van der Waals surface area contributed by atoms with Crippen molar-refractivity contribution >= 4 is 21.8 Å². The van der Waals surface area contributed by atoms with Gasteiger partial charge < -0.3 is 14.9 Å². The summed E-state index contributed by atoms with van der Waals surface area (Å²) in [6.45, 7) is 0.512. The molecule has 2 rings (SSSR count). The van der Waals surface area contributed by atoms with Gasteiger partial charge in [0.25, 0.3) is 0 Å². The van der Waals surface area contributed by atoms with Crippen LogP contribution in [-0.2, 0) is 14.6 Å². The number of amides is 2. The molecule has 1 atom stereocenters. The quantitative estimate of drug-likeness (QED) is 0.737. The monoisotopic (exact) mass is 302 g/mol. The summed E-state index contributed by atoms with van der Waals surface area (Å²) >= 11 is 0. The van der Waals surface area contributed by atoms with Gasteiger partial charge in [-0.05, 0) is 12.8 Å². The number of urea groups is 1. The Morgan fingerprint density at radius 1 is 1.35 bits per heavy atom. The van der Waals surface area contributed by atoms with Crippen LogP contribution in [0.5, 0.6) is 0 Å². The van der Waals surface area contributed by atoms with Gasteiger partial charge in [0.15, 0.2) is 9.84 Å². The van der Waals surface area contributed by atoms with Crippen molar-refractivity contribution in [3.05, 3.63) is 12.2 Å². The third kappa shape index (κ3) is 3.50. The predicted octanol–water partition coefficient (Wildman–Crippen LogP) is -0.0580. The lowest BCUT2D eigenvalue weighted by Gasteiger charge is -2.33. The highest BCUT2D eigenvalue weighted by molar-refractivity contribution is 7.91. The van der Waals surface area contributed by atoms with Crippen molar-refractivity contribution in [2.24, 2.45) is 0 Å². The van der Waals surface area contributed by atoms with Crippen LogP contribution in [0.25, 0.3) is 0 Å². The second-order valence-corrected chi connectivity index (χ2v) is 7.30. The molecule has 2 aliphatic rings. The summed E-state index contributed by atoms with van der Waals surface area (Å²) in [6, 6.07) is -0.923. The normalized spacial score (nSPS) is 24.6. The first-order valence-corrected chi connectivity index (χ1v) is 8.34. The molecule has 0 aromatic rings. The maximum absolute atomic E-state index is 12.4. The molecule has 1 fully saturated rings. The van der Waals surface area contributed by atoms with Crippen LogP contribution in [0, 0.1) is 0 Å².